The zero-order valence-electron chi connectivity index (χ0n) is 17.7. The monoisotopic (exact) mass is 564 g/mol. The summed E-state index contributed by atoms with van der Waals surface area (Å²) in [5.41, 5.74) is -0.0303. The van der Waals surface area contributed by atoms with Crippen LogP contribution in [0.1, 0.15) is 22.0 Å². The maximum atomic E-state index is 14.1. The molecule has 0 aliphatic carbocycles. The van der Waals surface area contributed by atoms with Crippen LogP contribution in [0.25, 0.3) is 11.0 Å². The van der Waals surface area contributed by atoms with Crippen LogP contribution in [0.5, 0.6) is 0 Å². The molecule has 180 valence electrons. The van der Waals surface area contributed by atoms with Gasteiger partial charge < -0.3 is 5.32 Å². The third kappa shape index (κ3) is 5.28. The maximum absolute atomic E-state index is 14.1. The third-order valence-electron chi connectivity index (χ3n) is 5.02. The minimum Gasteiger partial charge on any atom is -0.342 e. The lowest BCUT2D eigenvalue weighted by Gasteiger charge is -2.19. The molecule has 0 aliphatic rings. The summed E-state index contributed by atoms with van der Waals surface area (Å²) >= 11 is 3.23. The lowest BCUT2D eigenvalue weighted by Crippen LogP contribution is -2.31. The zero-order chi connectivity index (χ0) is 25.2. The largest absolute Gasteiger partial charge is 0.342 e. The molecule has 0 saturated heterocycles. The molecule has 0 fully saturated rings. The van der Waals surface area contributed by atoms with Crippen molar-refractivity contribution in [1.29, 1.82) is 0 Å². The van der Waals surface area contributed by atoms with Crippen LogP contribution in [-0.2, 0) is 10.0 Å². The number of nitrogens with zero attached hydrogens (tertiary/aromatic N) is 2. The molecular weight excluding hydrogens is 549 g/mol. The number of carbonyl (C=O) groups is 1. The summed E-state index contributed by atoms with van der Waals surface area (Å²) in [5, 5.41) is 2.33. The predicted octanol–water partition coefficient (Wildman–Crippen LogP) is 4.91. The second-order valence-corrected chi connectivity index (χ2v) is 9.89. The number of sulfonamides is 1. The Hall–Kier alpha value is -3.51. The van der Waals surface area contributed by atoms with Crippen LogP contribution in [0.4, 0.5) is 18.9 Å². The second kappa shape index (κ2) is 10.0. The molecule has 1 aromatic heterocycles. The molecule has 7 nitrogen and oxygen atoms in total. The van der Waals surface area contributed by atoms with Gasteiger partial charge in [-0.25, -0.2) is 21.6 Å². The van der Waals surface area contributed by atoms with E-state index in [4.69, 9.17) is 0 Å². The van der Waals surface area contributed by atoms with E-state index >= 15 is 0 Å². The number of hydrogen-bond acceptors (Lipinski definition) is 5. The lowest BCUT2D eigenvalue weighted by molar-refractivity contribution is 0.0930. The standard InChI is InChI=1S/C23H16BrF3N4O3S/c24-13-4-6-16(23(32)30-20(12-25)15-7-5-14(26)11-17(15)27)19(10-13)31-35(33,34)21-3-1-2-18-22(21)29-9-8-28-18/h1-11,20,31H,12H2,(H,30,32). The number of fused-ring (bicyclic) bond motifs is 1. The number of aromatic nitrogens is 2. The van der Waals surface area contributed by atoms with Gasteiger partial charge in [-0.3, -0.25) is 19.5 Å². The molecule has 4 aromatic rings. The van der Waals surface area contributed by atoms with Gasteiger partial charge >= 0.3 is 0 Å². The Bertz CT molecular complexity index is 1530. The number of benzene rings is 3. The molecule has 3 aromatic carbocycles. The van der Waals surface area contributed by atoms with E-state index < -0.39 is 40.3 Å². The van der Waals surface area contributed by atoms with Crippen molar-refractivity contribution in [3.63, 3.8) is 0 Å². The van der Waals surface area contributed by atoms with Crippen LogP contribution in [0, 0.1) is 11.6 Å². The fourth-order valence-electron chi connectivity index (χ4n) is 3.40. The van der Waals surface area contributed by atoms with E-state index in [0.717, 1.165) is 12.1 Å². The van der Waals surface area contributed by atoms with Gasteiger partial charge in [0.1, 0.15) is 28.7 Å². The molecule has 1 atom stereocenters. The molecule has 0 bridgehead atoms. The van der Waals surface area contributed by atoms with Gasteiger partial charge in [-0.15, -0.1) is 0 Å². The zero-order valence-corrected chi connectivity index (χ0v) is 20.1. The van der Waals surface area contributed by atoms with E-state index in [9.17, 15) is 26.4 Å². The van der Waals surface area contributed by atoms with Gasteiger partial charge in [-0.2, -0.15) is 0 Å². The summed E-state index contributed by atoms with van der Waals surface area (Å²) in [6.07, 6.45) is 2.78. The SMILES string of the molecule is O=C(NC(CF)c1ccc(F)cc1F)c1ccc(Br)cc1NS(=O)(=O)c1cccc2nccnc12. The first kappa shape index (κ1) is 24.6. The highest BCUT2D eigenvalue weighted by atomic mass is 79.9. The van der Waals surface area contributed by atoms with Crippen molar-refractivity contribution in [1.82, 2.24) is 15.3 Å². The molecule has 0 radical (unpaired) electrons. The first-order valence-electron chi connectivity index (χ1n) is 10.0. The van der Waals surface area contributed by atoms with Crippen LogP contribution in [-0.4, -0.2) is 31.0 Å². The Morgan fingerprint density at radius 3 is 2.54 bits per heavy atom. The van der Waals surface area contributed by atoms with Crippen LogP contribution in [0.2, 0.25) is 0 Å². The van der Waals surface area contributed by atoms with Crippen LogP contribution < -0.4 is 10.0 Å². The number of hydrogen-bond donors (Lipinski definition) is 2. The minimum atomic E-state index is -4.24. The first-order valence-corrected chi connectivity index (χ1v) is 12.3. The number of para-hydroxylation sites is 1. The van der Waals surface area contributed by atoms with Crippen molar-refractivity contribution in [3.05, 3.63) is 94.2 Å². The minimum absolute atomic E-state index is 0.116. The Balaban J connectivity index is 1.68. The van der Waals surface area contributed by atoms with Gasteiger partial charge in [-0.1, -0.05) is 28.1 Å². The van der Waals surface area contributed by atoms with Gasteiger partial charge in [0.05, 0.1) is 22.8 Å². The lowest BCUT2D eigenvalue weighted by atomic mass is 10.1. The maximum Gasteiger partial charge on any atom is 0.264 e. The van der Waals surface area contributed by atoms with Crippen LogP contribution >= 0.6 is 15.9 Å². The molecule has 0 saturated carbocycles. The molecule has 35 heavy (non-hydrogen) atoms. The van der Waals surface area contributed by atoms with E-state index in [-0.39, 0.29) is 27.2 Å². The number of rotatable bonds is 7. The van der Waals surface area contributed by atoms with Crippen molar-refractivity contribution >= 4 is 48.6 Å². The molecule has 1 amide bonds. The predicted molar refractivity (Wildman–Crippen MR) is 127 cm³/mol. The summed E-state index contributed by atoms with van der Waals surface area (Å²) in [5.74, 6) is -2.75. The van der Waals surface area contributed by atoms with Gasteiger partial charge in [-0.05, 0) is 36.4 Å². The average molecular weight is 565 g/mol. The number of anilines is 1. The molecule has 1 heterocycles. The molecule has 4 rings (SSSR count). The van der Waals surface area contributed by atoms with Gasteiger partial charge in [0.2, 0.25) is 0 Å². The van der Waals surface area contributed by atoms with Crippen molar-refractivity contribution in [3.8, 4) is 0 Å². The summed E-state index contributed by atoms with van der Waals surface area (Å²) in [6, 6.07) is 9.73. The van der Waals surface area contributed by atoms with Crippen LogP contribution in [0.3, 0.4) is 0 Å². The van der Waals surface area contributed by atoms with Gasteiger partial charge in [0.25, 0.3) is 15.9 Å². The third-order valence-corrected chi connectivity index (χ3v) is 6.91. The Morgan fingerprint density at radius 2 is 1.80 bits per heavy atom. The first-order chi connectivity index (χ1) is 16.7. The molecule has 12 heteroatoms. The molecule has 0 aliphatic heterocycles. The van der Waals surface area contributed by atoms with E-state index in [2.05, 4.69) is 35.9 Å². The van der Waals surface area contributed by atoms with Gasteiger partial charge in [0, 0.05) is 28.5 Å². The average Bonchev–Trinajstić information content (AvgIpc) is 2.82. The van der Waals surface area contributed by atoms with Gasteiger partial charge in [0.15, 0.2) is 0 Å². The summed E-state index contributed by atoms with van der Waals surface area (Å²) in [4.78, 5) is 21.0. The van der Waals surface area contributed by atoms with E-state index in [1.54, 1.807) is 6.07 Å². The smallest absolute Gasteiger partial charge is 0.264 e. The van der Waals surface area contributed by atoms with Crippen molar-refractivity contribution in [2.24, 2.45) is 0 Å². The van der Waals surface area contributed by atoms with E-state index in [0.29, 0.717) is 16.1 Å². The number of halogens is 4. The topological polar surface area (TPSA) is 101 Å². The van der Waals surface area contributed by atoms with Crippen molar-refractivity contribution in [2.45, 2.75) is 10.9 Å². The quantitative estimate of drug-likeness (QED) is 0.332. The Morgan fingerprint density at radius 1 is 1.03 bits per heavy atom. The van der Waals surface area contributed by atoms with Crippen molar-refractivity contribution < 1.29 is 26.4 Å². The molecule has 1 unspecified atom stereocenters. The van der Waals surface area contributed by atoms with E-state index in [1.165, 1.54) is 42.7 Å². The summed E-state index contributed by atoms with van der Waals surface area (Å²) in [7, 11) is -4.24. The number of carbonyl (C=O) groups excluding carboxylic acids is 1. The van der Waals surface area contributed by atoms with Crippen LogP contribution in [0.15, 0.2) is 76.4 Å². The summed E-state index contributed by atoms with van der Waals surface area (Å²) < 4.78 is 70.3. The summed E-state index contributed by atoms with van der Waals surface area (Å²) in [6.45, 7) is -1.18. The highest BCUT2D eigenvalue weighted by molar-refractivity contribution is 9.10. The highest BCUT2D eigenvalue weighted by Gasteiger charge is 2.24. The van der Waals surface area contributed by atoms with Crippen molar-refractivity contribution in [2.75, 3.05) is 11.4 Å². The fraction of sp³-hybridized carbons (Fsp3) is 0.0870. The Kier molecular flexibility index (Phi) is 7.03. The molecule has 2 N–H and O–H groups in total. The highest BCUT2D eigenvalue weighted by Crippen LogP contribution is 2.28. The fourth-order valence-corrected chi connectivity index (χ4v) is 5.00. The van der Waals surface area contributed by atoms with E-state index in [1.807, 2.05) is 0 Å². The molecular formula is C23H16BrF3N4O3S. The normalized spacial score (nSPS) is 12.3. The number of amides is 1. The second-order valence-electron chi connectivity index (χ2n) is 7.32. The number of alkyl halides is 1. The Labute approximate surface area is 206 Å². The molecule has 0 spiro atoms. The number of nitrogens with one attached hydrogen (secondary N) is 2.